The van der Waals surface area contributed by atoms with Crippen LogP contribution in [0, 0.1) is 5.92 Å². The molecule has 0 saturated carbocycles. The van der Waals surface area contributed by atoms with Crippen molar-refractivity contribution in [1.29, 1.82) is 0 Å². The van der Waals surface area contributed by atoms with Crippen molar-refractivity contribution in [2.75, 3.05) is 0 Å². The van der Waals surface area contributed by atoms with Crippen molar-refractivity contribution in [3.05, 3.63) is 48.0 Å². The van der Waals surface area contributed by atoms with Gasteiger partial charge in [0, 0.05) is 5.88 Å². The minimum Gasteiger partial charge on any atom is -0.122 e. The number of benzene rings is 1. The third-order valence-electron chi connectivity index (χ3n) is 2.21. The van der Waals surface area contributed by atoms with Gasteiger partial charge in [-0.3, -0.25) is 0 Å². The lowest BCUT2D eigenvalue weighted by Gasteiger charge is -2.09. The monoisotopic (exact) mass is 194 g/mol. The maximum atomic E-state index is 5.83. The van der Waals surface area contributed by atoms with E-state index in [2.05, 4.69) is 31.7 Å². The van der Waals surface area contributed by atoms with Crippen LogP contribution in [0.4, 0.5) is 0 Å². The molecule has 0 N–H and O–H groups in total. The maximum absolute atomic E-state index is 5.83. The molecule has 0 fully saturated rings. The standard InChI is InChI=1S/C12H15Cl/c1-3-10(2)8-11-6-4-5-7-12(11)9-13/h3-7,10H,1,8-9H2,2H3. The van der Waals surface area contributed by atoms with Crippen LogP contribution in [-0.4, -0.2) is 0 Å². The average molecular weight is 195 g/mol. The first-order valence-electron chi connectivity index (χ1n) is 4.53. The number of alkyl halides is 1. The van der Waals surface area contributed by atoms with Crippen LogP contribution >= 0.6 is 11.6 Å². The first kappa shape index (κ1) is 10.3. The molecule has 0 bridgehead atoms. The van der Waals surface area contributed by atoms with Crippen LogP contribution in [0.2, 0.25) is 0 Å². The Morgan fingerprint density at radius 1 is 1.38 bits per heavy atom. The molecule has 0 aliphatic heterocycles. The van der Waals surface area contributed by atoms with E-state index in [0.717, 1.165) is 6.42 Å². The molecular weight excluding hydrogens is 180 g/mol. The molecule has 1 aromatic carbocycles. The van der Waals surface area contributed by atoms with Gasteiger partial charge in [-0.25, -0.2) is 0 Å². The summed E-state index contributed by atoms with van der Waals surface area (Å²) in [7, 11) is 0. The van der Waals surface area contributed by atoms with Crippen molar-refractivity contribution < 1.29 is 0 Å². The van der Waals surface area contributed by atoms with E-state index in [9.17, 15) is 0 Å². The van der Waals surface area contributed by atoms with Crippen molar-refractivity contribution in [2.24, 2.45) is 5.92 Å². The minimum atomic E-state index is 0.518. The highest BCUT2D eigenvalue weighted by atomic mass is 35.5. The van der Waals surface area contributed by atoms with E-state index >= 15 is 0 Å². The molecule has 1 atom stereocenters. The van der Waals surface area contributed by atoms with Crippen molar-refractivity contribution >= 4 is 11.6 Å². The molecule has 0 spiro atoms. The van der Waals surface area contributed by atoms with Crippen LogP contribution < -0.4 is 0 Å². The van der Waals surface area contributed by atoms with Crippen LogP contribution in [0.5, 0.6) is 0 Å². The molecule has 0 aliphatic carbocycles. The van der Waals surface area contributed by atoms with E-state index in [-0.39, 0.29) is 0 Å². The lowest BCUT2D eigenvalue weighted by atomic mass is 9.98. The molecule has 0 nitrogen and oxygen atoms in total. The van der Waals surface area contributed by atoms with Gasteiger partial charge >= 0.3 is 0 Å². The van der Waals surface area contributed by atoms with Crippen LogP contribution in [0.15, 0.2) is 36.9 Å². The predicted molar refractivity (Wildman–Crippen MR) is 59.1 cm³/mol. The highest BCUT2D eigenvalue weighted by molar-refractivity contribution is 6.17. The molecule has 0 aromatic heterocycles. The summed E-state index contributed by atoms with van der Waals surface area (Å²) in [4.78, 5) is 0. The molecule has 1 rings (SSSR count). The summed E-state index contributed by atoms with van der Waals surface area (Å²) in [6, 6.07) is 8.30. The SMILES string of the molecule is C=CC(C)Cc1ccccc1CCl. The van der Waals surface area contributed by atoms with Crippen molar-refractivity contribution in [1.82, 2.24) is 0 Å². The van der Waals surface area contributed by atoms with Gasteiger partial charge in [-0.2, -0.15) is 0 Å². The summed E-state index contributed by atoms with van der Waals surface area (Å²) < 4.78 is 0. The smallest absolute Gasteiger partial charge is 0.0476 e. The molecule has 0 saturated heterocycles. The van der Waals surface area contributed by atoms with E-state index < -0.39 is 0 Å². The quantitative estimate of drug-likeness (QED) is 0.506. The number of hydrogen-bond donors (Lipinski definition) is 0. The van der Waals surface area contributed by atoms with Gasteiger partial charge in [0.25, 0.3) is 0 Å². The summed E-state index contributed by atoms with van der Waals surface area (Å²) in [5.74, 6) is 1.12. The number of hydrogen-bond acceptors (Lipinski definition) is 0. The van der Waals surface area contributed by atoms with E-state index in [0.29, 0.717) is 11.8 Å². The summed E-state index contributed by atoms with van der Waals surface area (Å²) in [5.41, 5.74) is 2.57. The summed E-state index contributed by atoms with van der Waals surface area (Å²) in [6.07, 6.45) is 3.01. The second-order valence-corrected chi connectivity index (χ2v) is 3.59. The molecular formula is C12H15Cl. The van der Waals surface area contributed by atoms with Gasteiger partial charge in [0.2, 0.25) is 0 Å². The fraction of sp³-hybridized carbons (Fsp3) is 0.333. The first-order valence-corrected chi connectivity index (χ1v) is 5.06. The number of rotatable bonds is 4. The Bertz CT molecular complexity index is 278. The van der Waals surface area contributed by atoms with Gasteiger partial charge in [-0.05, 0) is 23.5 Å². The van der Waals surface area contributed by atoms with Crippen LogP contribution in [-0.2, 0) is 12.3 Å². The van der Waals surface area contributed by atoms with E-state index in [4.69, 9.17) is 11.6 Å². The Labute approximate surface area is 85.2 Å². The largest absolute Gasteiger partial charge is 0.122 e. The fourth-order valence-corrected chi connectivity index (χ4v) is 1.58. The fourth-order valence-electron chi connectivity index (χ4n) is 1.32. The predicted octanol–water partition coefficient (Wildman–Crippen LogP) is 3.79. The molecule has 1 heteroatoms. The summed E-state index contributed by atoms with van der Waals surface area (Å²) >= 11 is 5.83. The Morgan fingerprint density at radius 2 is 2.00 bits per heavy atom. The lowest BCUT2D eigenvalue weighted by Crippen LogP contribution is -1.98. The maximum Gasteiger partial charge on any atom is 0.0476 e. The van der Waals surface area contributed by atoms with Crippen LogP contribution in [0.1, 0.15) is 18.1 Å². The van der Waals surface area contributed by atoms with Gasteiger partial charge in [0.1, 0.15) is 0 Å². The lowest BCUT2D eigenvalue weighted by molar-refractivity contribution is 0.721. The molecule has 70 valence electrons. The van der Waals surface area contributed by atoms with Gasteiger partial charge in [-0.1, -0.05) is 37.3 Å². The Morgan fingerprint density at radius 3 is 2.54 bits per heavy atom. The highest BCUT2D eigenvalue weighted by Gasteiger charge is 2.03. The molecule has 13 heavy (non-hydrogen) atoms. The van der Waals surface area contributed by atoms with Gasteiger partial charge in [0.15, 0.2) is 0 Å². The Balaban J connectivity index is 2.80. The third kappa shape index (κ3) is 2.89. The molecule has 0 amide bonds. The van der Waals surface area contributed by atoms with E-state index in [1.807, 2.05) is 12.1 Å². The molecule has 0 radical (unpaired) electrons. The second-order valence-electron chi connectivity index (χ2n) is 3.32. The Hall–Kier alpha value is -0.750. The normalized spacial score (nSPS) is 12.5. The Kier molecular flexibility index (Phi) is 4.04. The zero-order valence-corrected chi connectivity index (χ0v) is 8.72. The molecule has 0 aliphatic rings. The first-order chi connectivity index (χ1) is 6.27. The van der Waals surface area contributed by atoms with Gasteiger partial charge in [-0.15, -0.1) is 18.2 Å². The molecule has 0 heterocycles. The number of halogens is 1. The highest BCUT2D eigenvalue weighted by Crippen LogP contribution is 2.16. The zero-order valence-electron chi connectivity index (χ0n) is 7.96. The van der Waals surface area contributed by atoms with E-state index in [1.165, 1.54) is 11.1 Å². The van der Waals surface area contributed by atoms with Crippen LogP contribution in [0.25, 0.3) is 0 Å². The summed E-state index contributed by atoms with van der Waals surface area (Å²) in [5, 5.41) is 0. The third-order valence-corrected chi connectivity index (χ3v) is 2.49. The van der Waals surface area contributed by atoms with E-state index in [1.54, 1.807) is 0 Å². The van der Waals surface area contributed by atoms with Crippen molar-refractivity contribution in [3.63, 3.8) is 0 Å². The van der Waals surface area contributed by atoms with Crippen LogP contribution in [0.3, 0.4) is 0 Å². The second kappa shape index (κ2) is 5.08. The van der Waals surface area contributed by atoms with Gasteiger partial charge < -0.3 is 0 Å². The molecule has 1 aromatic rings. The number of allylic oxidation sites excluding steroid dienone is 1. The zero-order chi connectivity index (χ0) is 9.68. The summed E-state index contributed by atoms with van der Waals surface area (Å²) in [6.45, 7) is 5.94. The average Bonchev–Trinajstić information content (AvgIpc) is 2.18. The topological polar surface area (TPSA) is 0 Å². The van der Waals surface area contributed by atoms with Gasteiger partial charge in [0.05, 0.1) is 0 Å². The molecule has 1 unspecified atom stereocenters. The van der Waals surface area contributed by atoms with Crippen molar-refractivity contribution in [3.8, 4) is 0 Å². The van der Waals surface area contributed by atoms with Crippen molar-refractivity contribution in [2.45, 2.75) is 19.2 Å². The minimum absolute atomic E-state index is 0.518.